The van der Waals surface area contributed by atoms with Crippen LogP contribution in [0, 0.1) is 6.92 Å². The summed E-state index contributed by atoms with van der Waals surface area (Å²) < 4.78 is 1.12. The Morgan fingerprint density at radius 3 is 2.61 bits per heavy atom. The second kappa shape index (κ2) is 8.20. The van der Waals surface area contributed by atoms with Crippen molar-refractivity contribution in [2.75, 3.05) is 6.54 Å². The molecule has 0 aliphatic heterocycles. The van der Waals surface area contributed by atoms with Gasteiger partial charge in [0.1, 0.15) is 0 Å². The lowest BCUT2D eigenvalue weighted by Gasteiger charge is -2.06. The Hall–Kier alpha value is -1.000. The largest absolute Gasteiger partial charge is 0.358 e. The van der Waals surface area contributed by atoms with Gasteiger partial charge in [0.2, 0.25) is 0 Å². The Labute approximate surface area is 156 Å². The topological polar surface area (TPSA) is 27.8 Å². The van der Waals surface area contributed by atoms with Gasteiger partial charge in [0.05, 0.1) is 0 Å². The summed E-state index contributed by atoms with van der Waals surface area (Å²) in [5, 5.41) is 5.58. The van der Waals surface area contributed by atoms with Crippen LogP contribution in [-0.2, 0) is 13.0 Å². The van der Waals surface area contributed by atoms with E-state index in [9.17, 15) is 0 Å². The molecule has 1 aromatic heterocycles. The van der Waals surface area contributed by atoms with Crippen molar-refractivity contribution in [3.05, 3.63) is 68.8 Å². The highest BCUT2D eigenvalue weighted by atomic mass is 79.9. The van der Waals surface area contributed by atoms with Gasteiger partial charge in [0.15, 0.2) is 0 Å². The van der Waals surface area contributed by atoms with Crippen molar-refractivity contribution in [3.63, 3.8) is 0 Å². The van der Waals surface area contributed by atoms with E-state index in [0.29, 0.717) is 0 Å². The lowest BCUT2D eigenvalue weighted by Crippen LogP contribution is -2.16. The van der Waals surface area contributed by atoms with Crippen molar-refractivity contribution in [1.29, 1.82) is 0 Å². The number of aromatic amines is 1. The maximum atomic E-state index is 5.90. The monoisotopic (exact) mass is 412 g/mol. The summed E-state index contributed by atoms with van der Waals surface area (Å²) in [6.45, 7) is 3.95. The van der Waals surface area contributed by atoms with E-state index >= 15 is 0 Å². The standard InChI is InChI=1S/C18H18BrClN2.ClH/c1-12-16(17-10-14(19)4-7-18(17)22-12)8-9-21-11-13-2-5-15(20)6-3-13;/h2-7,10,21-22H,8-9,11H2,1H3;1H. The van der Waals surface area contributed by atoms with Crippen LogP contribution in [0.3, 0.4) is 0 Å². The van der Waals surface area contributed by atoms with Gasteiger partial charge >= 0.3 is 0 Å². The highest BCUT2D eigenvalue weighted by Crippen LogP contribution is 2.25. The zero-order chi connectivity index (χ0) is 15.5. The zero-order valence-corrected chi connectivity index (χ0v) is 16.0. The molecule has 2 nitrogen and oxygen atoms in total. The predicted molar refractivity (Wildman–Crippen MR) is 105 cm³/mol. The van der Waals surface area contributed by atoms with Crippen LogP contribution in [0.5, 0.6) is 0 Å². The fraction of sp³-hybridized carbons (Fsp3) is 0.222. The number of fused-ring (bicyclic) bond motifs is 1. The molecule has 5 heteroatoms. The molecule has 0 saturated heterocycles. The molecule has 3 aromatic rings. The van der Waals surface area contributed by atoms with Crippen molar-refractivity contribution in [2.45, 2.75) is 19.9 Å². The number of rotatable bonds is 5. The Balaban J connectivity index is 0.00000192. The van der Waals surface area contributed by atoms with Gasteiger partial charge in [-0.3, -0.25) is 0 Å². The quantitative estimate of drug-likeness (QED) is 0.520. The van der Waals surface area contributed by atoms with E-state index in [1.165, 1.54) is 27.7 Å². The normalized spacial score (nSPS) is 10.7. The van der Waals surface area contributed by atoms with Crippen molar-refractivity contribution in [3.8, 4) is 0 Å². The van der Waals surface area contributed by atoms with Crippen molar-refractivity contribution in [1.82, 2.24) is 10.3 Å². The number of hydrogen-bond acceptors (Lipinski definition) is 1. The number of aryl methyl sites for hydroxylation is 1. The molecule has 2 N–H and O–H groups in total. The average molecular weight is 414 g/mol. The van der Waals surface area contributed by atoms with Crippen molar-refractivity contribution >= 4 is 50.8 Å². The van der Waals surface area contributed by atoms with Gasteiger partial charge in [-0.1, -0.05) is 39.7 Å². The van der Waals surface area contributed by atoms with Gasteiger partial charge < -0.3 is 10.3 Å². The number of nitrogens with one attached hydrogen (secondary N) is 2. The molecule has 0 saturated carbocycles. The highest BCUT2D eigenvalue weighted by molar-refractivity contribution is 9.10. The summed E-state index contributed by atoms with van der Waals surface area (Å²) >= 11 is 9.45. The maximum absolute atomic E-state index is 5.90. The summed E-state index contributed by atoms with van der Waals surface area (Å²) in [6.07, 6.45) is 1.01. The average Bonchev–Trinajstić information content (AvgIpc) is 2.81. The van der Waals surface area contributed by atoms with Gasteiger partial charge in [0, 0.05) is 32.6 Å². The number of benzene rings is 2. The summed E-state index contributed by atoms with van der Waals surface area (Å²) in [4.78, 5) is 3.46. The summed E-state index contributed by atoms with van der Waals surface area (Å²) in [5.41, 5.74) is 5.09. The fourth-order valence-corrected chi connectivity index (χ4v) is 3.21. The van der Waals surface area contributed by atoms with Crippen LogP contribution in [0.2, 0.25) is 5.02 Å². The third kappa shape index (κ3) is 4.51. The van der Waals surface area contributed by atoms with E-state index in [0.717, 1.165) is 29.0 Å². The molecule has 0 atom stereocenters. The van der Waals surface area contributed by atoms with Gasteiger partial charge in [-0.2, -0.15) is 0 Å². The summed E-state index contributed by atoms with van der Waals surface area (Å²) in [5.74, 6) is 0. The second-order valence-electron chi connectivity index (χ2n) is 5.47. The van der Waals surface area contributed by atoms with E-state index in [1.54, 1.807) is 0 Å². The smallest absolute Gasteiger partial charge is 0.0459 e. The first kappa shape index (κ1) is 18.3. The molecule has 0 spiro atoms. The molecule has 23 heavy (non-hydrogen) atoms. The Kier molecular flexibility index (Phi) is 6.54. The lowest BCUT2D eigenvalue weighted by molar-refractivity contribution is 0.687. The molecular formula is C18H19BrCl2N2. The molecule has 122 valence electrons. The fourth-order valence-electron chi connectivity index (χ4n) is 2.73. The van der Waals surface area contributed by atoms with Crippen LogP contribution in [0.25, 0.3) is 10.9 Å². The molecule has 3 rings (SSSR count). The molecule has 0 aliphatic carbocycles. The Morgan fingerprint density at radius 2 is 1.87 bits per heavy atom. The van der Waals surface area contributed by atoms with Gasteiger partial charge in [-0.05, 0) is 61.3 Å². The number of hydrogen-bond donors (Lipinski definition) is 2. The first-order chi connectivity index (χ1) is 10.6. The van der Waals surface area contributed by atoms with Crippen LogP contribution in [0.1, 0.15) is 16.8 Å². The lowest BCUT2D eigenvalue weighted by atomic mass is 10.1. The van der Waals surface area contributed by atoms with E-state index in [1.807, 2.05) is 12.1 Å². The Morgan fingerprint density at radius 1 is 1.13 bits per heavy atom. The molecule has 0 bridgehead atoms. The zero-order valence-electron chi connectivity index (χ0n) is 12.8. The highest BCUT2D eigenvalue weighted by Gasteiger charge is 2.08. The first-order valence-corrected chi connectivity index (χ1v) is 8.52. The van der Waals surface area contributed by atoms with Crippen LogP contribution >= 0.6 is 39.9 Å². The van der Waals surface area contributed by atoms with E-state index in [2.05, 4.69) is 63.5 Å². The van der Waals surface area contributed by atoms with Crippen molar-refractivity contribution < 1.29 is 0 Å². The maximum Gasteiger partial charge on any atom is 0.0459 e. The molecule has 0 radical (unpaired) electrons. The van der Waals surface area contributed by atoms with Crippen molar-refractivity contribution in [2.24, 2.45) is 0 Å². The molecule has 1 heterocycles. The molecule has 0 aliphatic rings. The van der Waals surface area contributed by atoms with Crippen LogP contribution in [0.4, 0.5) is 0 Å². The Bertz CT molecular complexity index is 782. The molecule has 0 unspecified atom stereocenters. The van der Waals surface area contributed by atoms with Gasteiger partial charge in [-0.15, -0.1) is 12.4 Å². The summed E-state index contributed by atoms with van der Waals surface area (Å²) in [6, 6.07) is 14.4. The third-order valence-corrected chi connectivity index (χ3v) is 4.62. The first-order valence-electron chi connectivity index (χ1n) is 7.35. The van der Waals surface area contributed by atoms with Crippen LogP contribution < -0.4 is 5.32 Å². The minimum absolute atomic E-state index is 0. The van der Waals surface area contributed by atoms with Crippen LogP contribution in [-0.4, -0.2) is 11.5 Å². The van der Waals surface area contributed by atoms with Gasteiger partial charge in [0.25, 0.3) is 0 Å². The van der Waals surface area contributed by atoms with Gasteiger partial charge in [-0.25, -0.2) is 0 Å². The minimum Gasteiger partial charge on any atom is -0.358 e. The third-order valence-electron chi connectivity index (χ3n) is 3.88. The molecular weight excluding hydrogens is 395 g/mol. The molecule has 0 fully saturated rings. The van der Waals surface area contributed by atoms with Crippen LogP contribution in [0.15, 0.2) is 46.9 Å². The van der Waals surface area contributed by atoms with E-state index < -0.39 is 0 Å². The molecule has 0 amide bonds. The SMILES string of the molecule is Cc1[nH]c2ccc(Br)cc2c1CCNCc1ccc(Cl)cc1.Cl. The minimum atomic E-state index is 0. The summed E-state index contributed by atoms with van der Waals surface area (Å²) in [7, 11) is 0. The molecule has 2 aromatic carbocycles. The predicted octanol–water partition coefficient (Wildman–Crippen LogP) is 5.65. The number of halogens is 3. The van der Waals surface area contributed by atoms with E-state index in [-0.39, 0.29) is 12.4 Å². The second-order valence-corrected chi connectivity index (χ2v) is 6.82. The van der Waals surface area contributed by atoms with E-state index in [4.69, 9.17) is 11.6 Å². The number of aromatic nitrogens is 1. The number of H-pyrrole nitrogens is 1.